The first-order valence-corrected chi connectivity index (χ1v) is 9.09. The Bertz CT molecular complexity index is 1000. The number of aromatic carboxylic acids is 1. The van der Waals surface area contributed by atoms with Gasteiger partial charge in [0, 0.05) is 40.2 Å². The Balaban J connectivity index is 1.94. The summed E-state index contributed by atoms with van der Waals surface area (Å²) in [6, 6.07) is 10.6. The fourth-order valence-corrected chi connectivity index (χ4v) is 4.55. The van der Waals surface area contributed by atoms with Gasteiger partial charge in [-0.15, -0.1) is 11.3 Å². The van der Waals surface area contributed by atoms with Gasteiger partial charge in [-0.25, -0.2) is 4.79 Å². The molecule has 130 valence electrons. The minimum atomic E-state index is -1.02. The topological polar surface area (TPSA) is 79.3 Å². The van der Waals surface area contributed by atoms with Gasteiger partial charge in [-0.05, 0) is 29.3 Å². The number of carbonyl (C=O) groups is 2. The molecule has 26 heavy (non-hydrogen) atoms. The molecule has 1 aliphatic rings. The van der Waals surface area contributed by atoms with Crippen molar-refractivity contribution in [3.8, 4) is 11.1 Å². The Morgan fingerprint density at radius 1 is 1.27 bits per heavy atom. The van der Waals surface area contributed by atoms with Gasteiger partial charge in [0.1, 0.15) is 4.88 Å². The second-order valence-corrected chi connectivity index (χ2v) is 7.44. The first-order valence-electron chi connectivity index (χ1n) is 7.90. The molecule has 3 heterocycles. The van der Waals surface area contributed by atoms with E-state index in [0.29, 0.717) is 21.8 Å². The average molecular weight is 385 g/mol. The number of halogens is 1. The highest BCUT2D eigenvalue weighted by Crippen LogP contribution is 2.49. The summed E-state index contributed by atoms with van der Waals surface area (Å²) in [6.07, 6.45) is 3.65. The number of nitrogens with zero attached hydrogens (tertiary/aromatic N) is 1. The normalized spacial score (nSPS) is 16.0. The van der Waals surface area contributed by atoms with E-state index in [2.05, 4.69) is 10.3 Å². The Morgan fingerprint density at radius 2 is 2.04 bits per heavy atom. The van der Waals surface area contributed by atoms with Crippen LogP contribution in [0.5, 0.6) is 0 Å². The van der Waals surface area contributed by atoms with E-state index in [4.69, 9.17) is 11.6 Å². The van der Waals surface area contributed by atoms with E-state index in [1.165, 1.54) is 11.3 Å². The van der Waals surface area contributed by atoms with E-state index < -0.39 is 5.97 Å². The standard InChI is InChI=1S/C19H13ClN2O3S/c20-12-5-3-10(4-6-12)15-16-17(26-18(15)19(24)25)13(8-14(23)22-16)11-2-1-7-21-9-11/h1-7,9,13H,8H2,(H,22,23)(H,24,25). The highest BCUT2D eigenvalue weighted by atomic mass is 35.5. The molecule has 1 aliphatic heterocycles. The summed E-state index contributed by atoms with van der Waals surface area (Å²) >= 11 is 7.15. The lowest BCUT2D eigenvalue weighted by Crippen LogP contribution is -2.22. The van der Waals surface area contributed by atoms with E-state index in [1.54, 1.807) is 36.7 Å². The molecule has 0 saturated heterocycles. The summed E-state index contributed by atoms with van der Waals surface area (Å²) in [4.78, 5) is 29.4. The number of carbonyl (C=O) groups excluding carboxylic acids is 1. The molecule has 0 spiro atoms. The van der Waals surface area contributed by atoms with Crippen LogP contribution < -0.4 is 5.32 Å². The lowest BCUT2D eigenvalue weighted by molar-refractivity contribution is -0.116. The van der Waals surface area contributed by atoms with Gasteiger partial charge >= 0.3 is 5.97 Å². The minimum Gasteiger partial charge on any atom is -0.477 e. The highest BCUT2D eigenvalue weighted by Gasteiger charge is 2.34. The maximum absolute atomic E-state index is 12.3. The zero-order valence-electron chi connectivity index (χ0n) is 13.4. The molecule has 1 amide bonds. The van der Waals surface area contributed by atoms with E-state index in [-0.39, 0.29) is 23.1 Å². The summed E-state index contributed by atoms with van der Waals surface area (Å²) in [5, 5.41) is 13.1. The fraction of sp³-hybridized carbons (Fsp3) is 0.105. The maximum atomic E-state index is 12.3. The summed E-state index contributed by atoms with van der Waals surface area (Å²) < 4.78 is 0. The van der Waals surface area contributed by atoms with Crippen molar-refractivity contribution in [2.75, 3.05) is 5.32 Å². The molecule has 0 radical (unpaired) electrons. The molecule has 0 bridgehead atoms. The Labute approximate surface area is 158 Å². The number of nitrogens with one attached hydrogen (secondary N) is 1. The molecule has 2 N–H and O–H groups in total. The molecule has 7 heteroatoms. The molecule has 1 unspecified atom stereocenters. The third kappa shape index (κ3) is 2.87. The third-order valence-corrected chi connectivity index (χ3v) is 5.86. The van der Waals surface area contributed by atoms with Crippen LogP contribution in [0.15, 0.2) is 48.8 Å². The Kier molecular flexibility index (Phi) is 4.22. The van der Waals surface area contributed by atoms with Crippen molar-refractivity contribution in [1.82, 2.24) is 4.98 Å². The second kappa shape index (κ2) is 6.55. The molecule has 2 aromatic heterocycles. The quantitative estimate of drug-likeness (QED) is 0.689. The second-order valence-electron chi connectivity index (χ2n) is 5.95. The van der Waals surface area contributed by atoms with Crippen LogP contribution >= 0.6 is 22.9 Å². The number of carboxylic acids is 1. The van der Waals surface area contributed by atoms with Crippen LogP contribution in [-0.4, -0.2) is 22.0 Å². The van der Waals surface area contributed by atoms with Crippen LogP contribution in [-0.2, 0) is 4.79 Å². The molecule has 4 rings (SSSR count). The molecule has 5 nitrogen and oxygen atoms in total. The molecular formula is C19H13ClN2O3S. The van der Waals surface area contributed by atoms with Crippen LogP contribution in [0.25, 0.3) is 11.1 Å². The van der Waals surface area contributed by atoms with Crippen molar-refractivity contribution in [3.63, 3.8) is 0 Å². The predicted molar refractivity (Wildman–Crippen MR) is 101 cm³/mol. The first kappa shape index (κ1) is 16.8. The van der Waals surface area contributed by atoms with Crippen LogP contribution in [0.4, 0.5) is 5.69 Å². The zero-order valence-corrected chi connectivity index (χ0v) is 15.0. The number of carboxylic acid groups (broad SMARTS) is 1. The minimum absolute atomic E-state index is 0.142. The smallest absolute Gasteiger partial charge is 0.346 e. The van der Waals surface area contributed by atoms with E-state index in [1.807, 2.05) is 12.1 Å². The molecule has 0 saturated carbocycles. The third-order valence-electron chi connectivity index (χ3n) is 4.32. The number of fused-ring (bicyclic) bond motifs is 1. The number of rotatable bonds is 3. The molecule has 1 atom stereocenters. The highest BCUT2D eigenvalue weighted by molar-refractivity contribution is 7.15. The van der Waals surface area contributed by atoms with Crippen LogP contribution in [0.1, 0.15) is 32.5 Å². The number of pyridine rings is 1. The van der Waals surface area contributed by atoms with E-state index >= 15 is 0 Å². The zero-order chi connectivity index (χ0) is 18.3. The van der Waals surface area contributed by atoms with Gasteiger partial charge in [-0.2, -0.15) is 0 Å². The van der Waals surface area contributed by atoms with E-state index in [9.17, 15) is 14.7 Å². The van der Waals surface area contributed by atoms with Gasteiger partial charge in [0.2, 0.25) is 5.91 Å². The number of anilines is 1. The van der Waals surface area contributed by atoms with E-state index in [0.717, 1.165) is 10.4 Å². The summed E-state index contributed by atoms with van der Waals surface area (Å²) in [7, 11) is 0. The first-order chi connectivity index (χ1) is 12.5. The number of hydrogen-bond donors (Lipinski definition) is 2. The largest absolute Gasteiger partial charge is 0.477 e. The van der Waals surface area contributed by atoms with Crippen LogP contribution in [0.2, 0.25) is 5.02 Å². The van der Waals surface area contributed by atoms with Gasteiger partial charge in [0.15, 0.2) is 0 Å². The molecule has 1 aromatic carbocycles. The SMILES string of the molecule is O=C1CC(c2cccnc2)c2sc(C(=O)O)c(-c3ccc(Cl)cc3)c2N1. The fourth-order valence-electron chi connectivity index (χ4n) is 3.18. The molecule has 0 aliphatic carbocycles. The summed E-state index contributed by atoms with van der Waals surface area (Å²) in [6.45, 7) is 0. The number of benzene rings is 1. The van der Waals surface area contributed by atoms with Crippen molar-refractivity contribution in [2.45, 2.75) is 12.3 Å². The van der Waals surface area contributed by atoms with Crippen molar-refractivity contribution in [3.05, 3.63) is 69.1 Å². The van der Waals surface area contributed by atoms with Gasteiger partial charge in [-0.1, -0.05) is 29.8 Å². The van der Waals surface area contributed by atoms with Crippen molar-refractivity contribution < 1.29 is 14.7 Å². The van der Waals surface area contributed by atoms with Gasteiger partial charge in [-0.3, -0.25) is 9.78 Å². The lowest BCUT2D eigenvalue weighted by atomic mass is 9.89. The molecule has 0 fully saturated rings. The van der Waals surface area contributed by atoms with Gasteiger partial charge in [0.25, 0.3) is 0 Å². The van der Waals surface area contributed by atoms with Gasteiger partial charge in [0.05, 0.1) is 5.69 Å². The van der Waals surface area contributed by atoms with Gasteiger partial charge < -0.3 is 10.4 Å². The molecular weight excluding hydrogens is 372 g/mol. The maximum Gasteiger partial charge on any atom is 0.346 e. The number of aromatic nitrogens is 1. The number of amides is 1. The molecule has 3 aromatic rings. The Hall–Kier alpha value is -2.70. The Morgan fingerprint density at radius 3 is 2.69 bits per heavy atom. The van der Waals surface area contributed by atoms with Crippen molar-refractivity contribution in [1.29, 1.82) is 0 Å². The summed E-state index contributed by atoms with van der Waals surface area (Å²) in [5.41, 5.74) is 2.69. The van der Waals surface area contributed by atoms with Crippen molar-refractivity contribution >= 4 is 40.5 Å². The summed E-state index contributed by atoms with van der Waals surface area (Å²) in [5.74, 6) is -1.37. The lowest BCUT2D eigenvalue weighted by Gasteiger charge is -2.23. The number of hydrogen-bond acceptors (Lipinski definition) is 4. The number of thiophene rings is 1. The average Bonchev–Trinajstić information content (AvgIpc) is 3.02. The van der Waals surface area contributed by atoms with Crippen LogP contribution in [0, 0.1) is 0 Å². The predicted octanol–water partition coefficient (Wildman–Crippen LogP) is 4.64. The monoisotopic (exact) mass is 384 g/mol. The van der Waals surface area contributed by atoms with Crippen LogP contribution in [0.3, 0.4) is 0 Å². The van der Waals surface area contributed by atoms with Crippen molar-refractivity contribution in [2.24, 2.45) is 0 Å².